The summed E-state index contributed by atoms with van der Waals surface area (Å²) in [6.45, 7) is 4.98. The molecular weight excluding hydrogens is 148 g/mol. The summed E-state index contributed by atoms with van der Waals surface area (Å²) >= 11 is 0. The summed E-state index contributed by atoms with van der Waals surface area (Å²) in [5.74, 6) is 0.511. The first-order valence-electron chi connectivity index (χ1n) is 4.39. The first-order chi connectivity index (χ1) is 5.74. The molecular formula is C10H16N2. The van der Waals surface area contributed by atoms with Crippen LogP contribution in [0.15, 0.2) is 18.3 Å². The minimum Gasteiger partial charge on any atom is -0.330 e. The van der Waals surface area contributed by atoms with Gasteiger partial charge in [-0.05, 0) is 30.5 Å². The van der Waals surface area contributed by atoms with Crippen molar-refractivity contribution in [1.29, 1.82) is 0 Å². The monoisotopic (exact) mass is 164 g/mol. The normalized spacial score (nSPS) is 10.7. The molecule has 0 aliphatic heterocycles. The zero-order valence-electron chi connectivity index (χ0n) is 7.75. The highest BCUT2D eigenvalue weighted by molar-refractivity contribution is 5.16. The first kappa shape index (κ1) is 9.20. The third-order valence-corrected chi connectivity index (χ3v) is 1.87. The van der Waals surface area contributed by atoms with Gasteiger partial charge in [0.1, 0.15) is 0 Å². The van der Waals surface area contributed by atoms with Crippen molar-refractivity contribution in [2.75, 3.05) is 6.54 Å². The maximum Gasteiger partial charge on any atom is 0.0429 e. The molecule has 66 valence electrons. The Balaban J connectivity index is 2.71. The second-order valence-corrected chi connectivity index (χ2v) is 3.28. The molecule has 1 aromatic heterocycles. The highest BCUT2D eigenvalue weighted by Crippen LogP contribution is 2.11. The molecule has 0 unspecified atom stereocenters. The average Bonchev–Trinajstić information content (AvgIpc) is 2.06. The van der Waals surface area contributed by atoms with Gasteiger partial charge in [-0.3, -0.25) is 4.98 Å². The maximum absolute atomic E-state index is 5.43. The molecule has 0 aliphatic carbocycles. The van der Waals surface area contributed by atoms with Crippen molar-refractivity contribution in [2.45, 2.75) is 26.2 Å². The van der Waals surface area contributed by atoms with E-state index in [1.54, 1.807) is 0 Å². The molecule has 0 radical (unpaired) electrons. The zero-order chi connectivity index (χ0) is 8.97. The summed E-state index contributed by atoms with van der Waals surface area (Å²) in [4.78, 5) is 4.34. The van der Waals surface area contributed by atoms with Crippen LogP contribution in [0.3, 0.4) is 0 Å². The molecule has 0 fully saturated rings. The van der Waals surface area contributed by atoms with Gasteiger partial charge in [-0.1, -0.05) is 19.9 Å². The van der Waals surface area contributed by atoms with Gasteiger partial charge in [0.05, 0.1) is 0 Å². The van der Waals surface area contributed by atoms with E-state index in [1.807, 2.05) is 6.20 Å². The van der Waals surface area contributed by atoms with Gasteiger partial charge in [-0.15, -0.1) is 0 Å². The van der Waals surface area contributed by atoms with E-state index in [0.717, 1.165) is 12.1 Å². The van der Waals surface area contributed by atoms with Crippen LogP contribution >= 0.6 is 0 Å². The summed E-state index contributed by atoms with van der Waals surface area (Å²) in [6.07, 6.45) is 2.84. The van der Waals surface area contributed by atoms with Crippen LogP contribution < -0.4 is 5.73 Å². The lowest BCUT2D eigenvalue weighted by Gasteiger charge is -2.04. The number of nitrogens with zero attached hydrogens (tertiary/aromatic N) is 1. The topological polar surface area (TPSA) is 38.9 Å². The molecule has 0 saturated carbocycles. The molecule has 0 atom stereocenters. The lowest BCUT2D eigenvalue weighted by Crippen LogP contribution is -2.03. The number of aromatic nitrogens is 1. The van der Waals surface area contributed by atoms with E-state index in [-0.39, 0.29) is 0 Å². The molecule has 2 heteroatoms. The lowest BCUT2D eigenvalue weighted by atomic mass is 10.1. The Morgan fingerprint density at radius 2 is 2.17 bits per heavy atom. The minimum absolute atomic E-state index is 0.511. The Hall–Kier alpha value is -0.890. The van der Waals surface area contributed by atoms with Crippen LogP contribution in [0.2, 0.25) is 0 Å². The molecule has 1 aromatic rings. The third kappa shape index (κ3) is 2.31. The van der Waals surface area contributed by atoms with Gasteiger partial charge in [-0.25, -0.2) is 0 Å². The van der Waals surface area contributed by atoms with Gasteiger partial charge in [0.25, 0.3) is 0 Å². The standard InChI is InChI=1S/C10H16N2/c1-8(2)10-4-3-9(5-6-11)7-12-10/h3-4,7-8H,5-6,11H2,1-2H3. The highest BCUT2D eigenvalue weighted by atomic mass is 14.7. The Kier molecular flexibility index (Phi) is 3.23. The zero-order valence-corrected chi connectivity index (χ0v) is 7.75. The SMILES string of the molecule is CC(C)c1ccc(CCN)cn1. The summed E-state index contributed by atoms with van der Waals surface area (Å²) in [5, 5.41) is 0. The Bertz CT molecular complexity index is 226. The van der Waals surface area contributed by atoms with Crippen LogP contribution in [0.1, 0.15) is 31.0 Å². The van der Waals surface area contributed by atoms with Crippen molar-refractivity contribution in [3.63, 3.8) is 0 Å². The number of nitrogens with two attached hydrogens (primary N) is 1. The average molecular weight is 164 g/mol. The van der Waals surface area contributed by atoms with Gasteiger partial charge < -0.3 is 5.73 Å². The Labute approximate surface area is 73.8 Å². The Morgan fingerprint density at radius 3 is 2.58 bits per heavy atom. The van der Waals surface area contributed by atoms with E-state index >= 15 is 0 Å². The number of rotatable bonds is 3. The quantitative estimate of drug-likeness (QED) is 0.738. The molecule has 2 N–H and O–H groups in total. The fourth-order valence-electron chi connectivity index (χ4n) is 1.09. The lowest BCUT2D eigenvalue weighted by molar-refractivity contribution is 0.816. The smallest absolute Gasteiger partial charge is 0.0429 e. The second kappa shape index (κ2) is 4.21. The van der Waals surface area contributed by atoms with Crippen molar-refractivity contribution < 1.29 is 0 Å². The minimum atomic E-state index is 0.511. The maximum atomic E-state index is 5.43. The van der Waals surface area contributed by atoms with Crippen LogP contribution in [-0.2, 0) is 6.42 Å². The van der Waals surface area contributed by atoms with Gasteiger partial charge in [0.15, 0.2) is 0 Å². The number of hydrogen-bond acceptors (Lipinski definition) is 2. The van der Waals surface area contributed by atoms with E-state index in [9.17, 15) is 0 Å². The fourth-order valence-corrected chi connectivity index (χ4v) is 1.09. The molecule has 2 nitrogen and oxygen atoms in total. The summed E-state index contributed by atoms with van der Waals surface area (Å²) in [5.41, 5.74) is 7.80. The third-order valence-electron chi connectivity index (χ3n) is 1.87. The van der Waals surface area contributed by atoms with Crippen LogP contribution in [0, 0.1) is 0 Å². The van der Waals surface area contributed by atoms with Crippen molar-refractivity contribution in [3.8, 4) is 0 Å². The number of hydrogen-bond donors (Lipinski definition) is 1. The summed E-state index contributed by atoms with van der Waals surface area (Å²) in [6, 6.07) is 4.19. The van der Waals surface area contributed by atoms with Crippen LogP contribution in [0.4, 0.5) is 0 Å². The van der Waals surface area contributed by atoms with Crippen molar-refractivity contribution in [3.05, 3.63) is 29.6 Å². The predicted octanol–water partition coefficient (Wildman–Crippen LogP) is 1.71. The van der Waals surface area contributed by atoms with Gasteiger partial charge in [0.2, 0.25) is 0 Å². The Morgan fingerprint density at radius 1 is 1.42 bits per heavy atom. The van der Waals surface area contributed by atoms with E-state index in [0.29, 0.717) is 12.5 Å². The van der Waals surface area contributed by atoms with E-state index in [2.05, 4.69) is 31.0 Å². The number of pyridine rings is 1. The van der Waals surface area contributed by atoms with Gasteiger partial charge in [-0.2, -0.15) is 0 Å². The van der Waals surface area contributed by atoms with E-state index < -0.39 is 0 Å². The molecule has 12 heavy (non-hydrogen) atoms. The molecule has 0 spiro atoms. The van der Waals surface area contributed by atoms with Crippen LogP contribution in [0.5, 0.6) is 0 Å². The van der Waals surface area contributed by atoms with E-state index in [4.69, 9.17) is 5.73 Å². The molecule has 0 aromatic carbocycles. The highest BCUT2D eigenvalue weighted by Gasteiger charge is 1.99. The summed E-state index contributed by atoms with van der Waals surface area (Å²) < 4.78 is 0. The molecule has 0 aliphatic rings. The molecule has 0 amide bonds. The van der Waals surface area contributed by atoms with Crippen LogP contribution in [0.25, 0.3) is 0 Å². The molecule has 1 rings (SSSR count). The van der Waals surface area contributed by atoms with Gasteiger partial charge in [0, 0.05) is 11.9 Å². The molecule has 0 saturated heterocycles. The second-order valence-electron chi connectivity index (χ2n) is 3.28. The van der Waals surface area contributed by atoms with Crippen molar-refractivity contribution in [2.24, 2.45) is 5.73 Å². The molecule has 1 heterocycles. The van der Waals surface area contributed by atoms with E-state index in [1.165, 1.54) is 5.56 Å². The largest absolute Gasteiger partial charge is 0.330 e. The van der Waals surface area contributed by atoms with Crippen molar-refractivity contribution in [1.82, 2.24) is 4.98 Å². The summed E-state index contributed by atoms with van der Waals surface area (Å²) in [7, 11) is 0. The van der Waals surface area contributed by atoms with Crippen molar-refractivity contribution >= 4 is 0 Å². The van der Waals surface area contributed by atoms with Gasteiger partial charge >= 0.3 is 0 Å². The fraction of sp³-hybridized carbons (Fsp3) is 0.500. The first-order valence-corrected chi connectivity index (χ1v) is 4.39. The van der Waals surface area contributed by atoms with Crippen LogP contribution in [-0.4, -0.2) is 11.5 Å². The predicted molar refractivity (Wildman–Crippen MR) is 51.1 cm³/mol. The molecule has 0 bridgehead atoms.